The van der Waals surface area contributed by atoms with Crippen molar-refractivity contribution in [1.82, 2.24) is 0 Å². The summed E-state index contributed by atoms with van der Waals surface area (Å²) in [4.78, 5) is 11.2. The average molecular weight is 264 g/mol. The Bertz CT molecular complexity index is 436. The van der Waals surface area contributed by atoms with E-state index < -0.39 is 6.09 Å². The first-order chi connectivity index (χ1) is 9.17. The Morgan fingerprint density at radius 2 is 2.21 bits per heavy atom. The highest BCUT2D eigenvalue weighted by molar-refractivity contribution is 5.85. The summed E-state index contributed by atoms with van der Waals surface area (Å²) < 4.78 is 10.1. The summed E-state index contributed by atoms with van der Waals surface area (Å²) in [5, 5.41) is 6.12. The zero-order valence-electron chi connectivity index (χ0n) is 11.3. The first-order valence-electron chi connectivity index (χ1n) is 6.50. The van der Waals surface area contributed by atoms with Crippen LogP contribution in [-0.4, -0.2) is 32.0 Å². The second-order valence-corrected chi connectivity index (χ2v) is 4.74. The third-order valence-corrected chi connectivity index (χ3v) is 3.15. The van der Waals surface area contributed by atoms with Gasteiger partial charge in [0.25, 0.3) is 0 Å². The van der Waals surface area contributed by atoms with E-state index in [-0.39, 0.29) is 0 Å². The van der Waals surface area contributed by atoms with Gasteiger partial charge in [-0.15, -0.1) is 0 Å². The molecule has 0 aliphatic carbocycles. The first kappa shape index (κ1) is 13.7. The Morgan fingerprint density at radius 3 is 2.95 bits per heavy atom. The van der Waals surface area contributed by atoms with Crippen LogP contribution >= 0.6 is 0 Å². The van der Waals surface area contributed by atoms with Crippen LogP contribution in [0.2, 0.25) is 0 Å². The van der Waals surface area contributed by atoms with E-state index in [0.717, 1.165) is 30.8 Å². The fourth-order valence-corrected chi connectivity index (χ4v) is 2.22. The molecule has 1 saturated heterocycles. The number of amides is 1. The molecule has 2 unspecified atom stereocenters. The molecule has 1 aliphatic rings. The van der Waals surface area contributed by atoms with Crippen molar-refractivity contribution in [3.63, 3.8) is 0 Å². The monoisotopic (exact) mass is 264 g/mol. The highest BCUT2D eigenvalue weighted by atomic mass is 16.5. The molecule has 19 heavy (non-hydrogen) atoms. The van der Waals surface area contributed by atoms with Gasteiger partial charge in [0.1, 0.15) is 0 Å². The van der Waals surface area contributed by atoms with E-state index in [9.17, 15) is 4.79 Å². The average Bonchev–Trinajstić information content (AvgIpc) is 2.39. The molecule has 1 aliphatic heterocycles. The van der Waals surface area contributed by atoms with E-state index in [0.29, 0.717) is 12.1 Å². The standard InChI is InChI=1S/C14H20N2O3/c1-10-8-13(6-7-19-10)15-11-4-3-5-12(9-11)16-14(17)18-2/h3-5,9-10,13,15H,6-8H2,1-2H3,(H,16,17). The van der Waals surface area contributed by atoms with Gasteiger partial charge in [-0.1, -0.05) is 6.07 Å². The van der Waals surface area contributed by atoms with Gasteiger partial charge >= 0.3 is 6.09 Å². The van der Waals surface area contributed by atoms with E-state index in [1.54, 1.807) is 0 Å². The minimum Gasteiger partial charge on any atom is -0.453 e. The number of nitrogens with one attached hydrogen (secondary N) is 2. The van der Waals surface area contributed by atoms with Gasteiger partial charge in [0.05, 0.1) is 13.2 Å². The largest absolute Gasteiger partial charge is 0.453 e. The molecule has 0 radical (unpaired) electrons. The van der Waals surface area contributed by atoms with Crippen LogP contribution in [0.1, 0.15) is 19.8 Å². The Labute approximate surface area is 113 Å². The van der Waals surface area contributed by atoms with Crippen molar-refractivity contribution in [3.8, 4) is 0 Å². The Hall–Kier alpha value is -1.75. The highest BCUT2D eigenvalue weighted by Gasteiger charge is 2.18. The van der Waals surface area contributed by atoms with Crippen molar-refractivity contribution in [1.29, 1.82) is 0 Å². The summed E-state index contributed by atoms with van der Waals surface area (Å²) in [5.74, 6) is 0. The first-order valence-corrected chi connectivity index (χ1v) is 6.50. The maximum Gasteiger partial charge on any atom is 0.411 e. The van der Waals surface area contributed by atoms with Gasteiger partial charge in [-0.25, -0.2) is 4.79 Å². The molecular formula is C14H20N2O3. The van der Waals surface area contributed by atoms with Crippen LogP contribution in [-0.2, 0) is 9.47 Å². The molecule has 1 fully saturated rings. The summed E-state index contributed by atoms with van der Waals surface area (Å²) >= 11 is 0. The smallest absolute Gasteiger partial charge is 0.411 e. The minimum atomic E-state index is -0.461. The predicted octanol–water partition coefficient (Wildman–Crippen LogP) is 2.84. The molecule has 1 aromatic rings. The van der Waals surface area contributed by atoms with Gasteiger partial charge in [-0.05, 0) is 38.0 Å². The maximum absolute atomic E-state index is 11.2. The van der Waals surface area contributed by atoms with Gasteiger partial charge in [0.15, 0.2) is 0 Å². The number of benzene rings is 1. The van der Waals surface area contributed by atoms with Crippen molar-refractivity contribution < 1.29 is 14.3 Å². The van der Waals surface area contributed by atoms with Crippen LogP contribution in [0.3, 0.4) is 0 Å². The lowest BCUT2D eigenvalue weighted by atomic mass is 10.0. The topological polar surface area (TPSA) is 59.6 Å². The number of carbonyl (C=O) groups excluding carboxylic acids is 1. The van der Waals surface area contributed by atoms with Gasteiger partial charge in [-0.3, -0.25) is 5.32 Å². The molecule has 1 heterocycles. The van der Waals surface area contributed by atoms with Crippen molar-refractivity contribution in [2.24, 2.45) is 0 Å². The van der Waals surface area contributed by atoms with Crippen LogP contribution in [0.4, 0.5) is 16.2 Å². The molecule has 0 spiro atoms. The van der Waals surface area contributed by atoms with Crippen molar-refractivity contribution >= 4 is 17.5 Å². The number of carbonyl (C=O) groups is 1. The van der Waals surface area contributed by atoms with Gasteiger partial charge in [-0.2, -0.15) is 0 Å². The van der Waals surface area contributed by atoms with Gasteiger partial charge in [0, 0.05) is 24.0 Å². The SMILES string of the molecule is COC(=O)Nc1cccc(NC2CCOC(C)C2)c1. The Kier molecular flexibility index (Phi) is 4.63. The third kappa shape index (κ3) is 4.13. The maximum atomic E-state index is 11.2. The molecule has 0 aromatic heterocycles. The molecule has 2 rings (SSSR count). The molecule has 5 nitrogen and oxygen atoms in total. The molecule has 1 amide bonds. The number of hydrogen-bond acceptors (Lipinski definition) is 4. The number of anilines is 2. The molecule has 5 heteroatoms. The van der Waals surface area contributed by atoms with Crippen molar-refractivity contribution in [2.75, 3.05) is 24.4 Å². The summed E-state index contributed by atoms with van der Waals surface area (Å²) in [7, 11) is 1.35. The lowest BCUT2D eigenvalue weighted by Crippen LogP contribution is -2.32. The van der Waals surface area contributed by atoms with E-state index >= 15 is 0 Å². The highest BCUT2D eigenvalue weighted by Crippen LogP contribution is 2.21. The van der Waals surface area contributed by atoms with Crippen LogP contribution < -0.4 is 10.6 Å². The zero-order valence-corrected chi connectivity index (χ0v) is 11.3. The minimum absolute atomic E-state index is 0.294. The van der Waals surface area contributed by atoms with E-state index in [2.05, 4.69) is 22.3 Å². The number of hydrogen-bond donors (Lipinski definition) is 2. The van der Waals surface area contributed by atoms with E-state index in [4.69, 9.17) is 4.74 Å². The van der Waals surface area contributed by atoms with Crippen molar-refractivity contribution in [3.05, 3.63) is 24.3 Å². The fourth-order valence-electron chi connectivity index (χ4n) is 2.22. The molecule has 104 valence electrons. The number of methoxy groups -OCH3 is 1. The van der Waals surface area contributed by atoms with E-state index in [1.165, 1.54) is 7.11 Å². The molecular weight excluding hydrogens is 244 g/mol. The third-order valence-electron chi connectivity index (χ3n) is 3.15. The van der Waals surface area contributed by atoms with E-state index in [1.807, 2.05) is 24.3 Å². The van der Waals surface area contributed by atoms with Crippen molar-refractivity contribution in [2.45, 2.75) is 31.9 Å². The lowest BCUT2D eigenvalue weighted by molar-refractivity contribution is 0.0232. The van der Waals surface area contributed by atoms with Gasteiger partial charge in [0.2, 0.25) is 0 Å². The summed E-state index contributed by atoms with van der Waals surface area (Å²) in [6.45, 7) is 2.88. The normalized spacial score (nSPS) is 22.6. The molecule has 2 N–H and O–H groups in total. The molecule has 2 atom stereocenters. The number of ether oxygens (including phenoxy) is 2. The second kappa shape index (κ2) is 6.43. The van der Waals surface area contributed by atoms with Crippen LogP contribution in [0.15, 0.2) is 24.3 Å². The summed E-state index contributed by atoms with van der Waals surface area (Å²) in [6.07, 6.45) is 1.83. The van der Waals surface area contributed by atoms with Crippen LogP contribution in [0.5, 0.6) is 0 Å². The fraction of sp³-hybridized carbons (Fsp3) is 0.500. The number of rotatable bonds is 3. The summed E-state index contributed by atoms with van der Waals surface area (Å²) in [5.41, 5.74) is 1.71. The Morgan fingerprint density at radius 1 is 1.42 bits per heavy atom. The second-order valence-electron chi connectivity index (χ2n) is 4.74. The zero-order chi connectivity index (χ0) is 13.7. The quantitative estimate of drug-likeness (QED) is 0.881. The van der Waals surface area contributed by atoms with Crippen LogP contribution in [0.25, 0.3) is 0 Å². The van der Waals surface area contributed by atoms with Crippen LogP contribution in [0, 0.1) is 0 Å². The predicted molar refractivity (Wildman–Crippen MR) is 74.5 cm³/mol. The molecule has 0 bridgehead atoms. The molecule has 0 saturated carbocycles. The molecule has 1 aromatic carbocycles. The van der Waals surface area contributed by atoms with Gasteiger partial charge < -0.3 is 14.8 Å². The summed E-state index contributed by atoms with van der Waals surface area (Å²) in [6, 6.07) is 8.03. The Balaban J connectivity index is 1.96. The lowest BCUT2D eigenvalue weighted by Gasteiger charge is -2.28.